The van der Waals surface area contributed by atoms with Crippen LogP contribution in [0.4, 0.5) is 0 Å². The van der Waals surface area contributed by atoms with Gasteiger partial charge in [-0.15, -0.1) is 0 Å². The number of hydrogen-bond acceptors (Lipinski definition) is 2. The average molecular weight is 264 g/mol. The summed E-state index contributed by atoms with van der Waals surface area (Å²) >= 11 is 0. The molecule has 0 amide bonds. The second-order valence-electron chi connectivity index (χ2n) is 4.60. The lowest BCUT2D eigenvalue weighted by Gasteiger charge is -2.09. The SMILES string of the molecule is COc1cc(C)cc(C)c1C(=O)C#Cc1ccccc1. The fraction of sp³-hybridized carbons (Fsp3) is 0.167. The van der Waals surface area contributed by atoms with E-state index in [4.69, 9.17) is 4.74 Å². The molecular formula is C18H16O2. The predicted octanol–water partition coefficient (Wildman–Crippen LogP) is 3.55. The van der Waals surface area contributed by atoms with Crippen LogP contribution in [0, 0.1) is 25.7 Å². The summed E-state index contributed by atoms with van der Waals surface area (Å²) in [4.78, 5) is 12.3. The van der Waals surface area contributed by atoms with Crippen LogP contribution in [0.2, 0.25) is 0 Å². The van der Waals surface area contributed by atoms with Gasteiger partial charge >= 0.3 is 0 Å². The van der Waals surface area contributed by atoms with Gasteiger partial charge in [0.05, 0.1) is 12.7 Å². The highest BCUT2D eigenvalue weighted by molar-refractivity contribution is 6.12. The Labute approximate surface area is 119 Å². The Kier molecular flexibility index (Phi) is 4.22. The third-order valence-electron chi connectivity index (χ3n) is 2.98. The lowest BCUT2D eigenvalue weighted by Crippen LogP contribution is -2.03. The molecule has 0 aliphatic carbocycles. The van der Waals surface area contributed by atoms with Crippen molar-refractivity contribution in [2.45, 2.75) is 13.8 Å². The Bertz CT molecular complexity index is 689. The molecule has 0 aromatic heterocycles. The highest BCUT2D eigenvalue weighted by atomic mass is 16.5. The number of ether oxygens (including phenoxy) is 1. The van der Waals surface area contributed by atoms with E-state index in [0.717, 1.165) is 16.7 Å². The van der Waals surface area contributed by atoms with Crippen LogP contribution in [-0.2, 0) is 0 Å². The normalized spacial score (nSPS) is 9.55. The summed E-state index contributed by atoms with van der Waals surface area (Å²) in [7, 11) is 1.57. The van der Waals surface area contributed by atoms with Gasteiger partial charge < -0.3 is 4.74 Å². The molecule has 0 fully saturated rings. The number of aryl methyl sites for hydroxylation is 2. The molecule has 0 aliphatic heterocycles. The molecule has 2 aromatic carbocycles. The average Bonchev–Trinajstić information content (AvgIpc) is 2.45. The minimum absolute atomic E-state index is 0.219. The van der Waals surface area contributed by atoms with Gasteiger partial charge in [-0.3, -0.25) is 4.79 Å². The minimum Gasteiger partial charge on any atom is -0.496 e. The highest BCUT2D eigenvalue weighted by Gasteiger charge is 2.13. The molecule has 2 rings (SSSR count). The summed E-state index contributed by atoms with van der Waals surface area (Å²) in [5.41, 5.74) is 3.31. The number of benzene rings is 2. The van der Waals surface area contributed by atoms with Gasteiger partial charge in [0, 0.05) is 5.56 Å². The standard InChI is InChI=1S/C18H16O2/c1-13-11-14(2)18(17(12-13)20-3)16(19)10-9-15-7-5-4-6-8-15/h4-8,11-12H,1-3H3. The van der Waals surface area contributed by atoms with Crippen LogP contribution < -0.4 is 4.74 Å². The zero-order valence-corrected chi connectivity index (χ0v) is 11.9. The Morgan fingerprint density at radius 3 is 2.45 bits per heavy atom. The summed E-state index contributed by atoms with van der Waals surface area (Å²) in [5, 5.41) is 0. The van der Waals surface area contributed by atoms with Gasteiger partial charge in [-0.1, -0.05) is 30.2 Å². The van der Waals surface area contributed by atoms with Crippen molar-refractivity contribution in [2.75, 3.05) is 7.11 Å². The van der Waals surface area contributed by atoms with Gasteiger partial charge in [-0.2, -0.15) is 0 Å². The lowest BCUT2D eigenvalue weighted by atomic mass is 10.0. The first-order valence-corrected chi connectivity index (χ1v) is 6.38. The molecule has 0 heterocycles. The molecular weight excluding hydrogens is 248 g/mol. The van der Waals surface area contributed by atoms with Gasteiger partial charge in [-0.05, 0) is 49.1 Å². The highest BCUT2D eigenvalue weighted by Crippen LogP contribution is 2.24. The van der Waals surface area contributed by atoms with Crippen molar-refractivity contribution in [2.24, 2.45) is 0 Å². The number of ketones is 1. The van der Waals surface area contributed by atoms with Crippen molar-refractivity contribution in [3.05, 3.63) is 64.7 Å². The van der Waals surface area contributed by atoms with E-state index < -0.39 is 0 Å². The van der Waals surface area contributed by atoms with E-state index >= 15 is 0 Å². The first kappa shape index (κ1) is 13.9. The van der Waals surface area contributed by atoms with E-state index in [9.17, 15) is 4.79 Å². The quantitative estimate of drug-likeness (QED) is 0.612. The summed E-state index contributed by atoms with van der Waals surface area (Å²) in [6.45, 7) is 3.87. The summed E-state index contributed by atoms with van der Waals surface area (Å²) in [5.74, 6) is 5.92. The first-order chi connectivity index (χ1) is 9.61. The number of hydrogen-bond donors (Lipinski definition) is 0. The monoisotopic (exact) mass is 264 g/mol. The third-order valence-corrected chi connectivity index (χ3v) is 2.98. The second kappa shape index (κ2) is 6.08. The lowest BCUT2D eigenvalue weighted by molar-refractivity contribution is 0.105. The van der Waals surface area contributed by atoms with Gasteiger partial charge in [0.1, 0.15) is 5.75 Å². The Hall–Kier alpha value is -2.53. The maximum atomic E-state index is 12.3. The molecule has 2 aromatic rings. The molecule has 0 N–H and O–H groups in total. The molecule has 100 valence electrons. The molecule has 0 bridgehead atoms. The van der Waals surface area contributed by atoms with Crippen LogP contribution >= 0.6 is 0 Å². The zero-order valence-electron chi connectivity index (χ0n) is 11.9. The Morgan fingerprint density at radius 1 is 1.10 bits per heavy atom. The minimum atomic E-state index is -0.219. The molecule has 0 saturated heterocycles. The molecule has 0 spiro atoms. The predicted molar refractivity (Wildman–Crippen MR) is 80.1 cm³/mol. The van der Waals surface area contributed by atoms with Crippen LogP contribution in [-0.4, -0.2) is 12.9 Å². The Morgan fingerprint density at radius 2 is 1.80 bits per heavy atom. The maximum Gasteiger partial charge on any atom is 0.240 e. The van der Waals surface area contributed by atoms with Crippen molar-refractivity contribution < 1.29 is 9.53 Å². The number of Topliss-reactive ketones (excluding diaryl/α,β-unsaturated/α-hetero) is 1. The van der Waals surface area contributed by atoms with Crippen molar-refractivity contribution in [1.82, 2.24) is 0 Å². The molecule has 0 radical (unpaired) electrons. The number of carbonyl (C=O) groups excluding carboxylic acids is 1. The zero-order chi connectivity index (χ0) is 14.5. The van der Waals surface area contributed by atoms with Crippen molar-refractivity contribution in [1.29, 1.82) is 0 Å². The number of methoxy groups -OCH3 is 1. The van der Waals surface area contributed by atoms with Crippen LogP contribution in [0.25, 0.3) is 0 Å². The van der Waals surface area contributed by atoms with E-state index in [1.165, 1.54) is 0 Å². The largest absolute Gasteiger partial charge is 0.496 e. The molecule has 2 nitrogen and oxygen atoms in total. The fourth-order valence-electron chi connectivity index (χ4n) is 2.09. The number of rotatable bonds is 2. The van der Waals surface area contributed by atoms with Gasteiger partial charge in [0.15, 0.2) is 0 Å². The topological polar surface area (TPSA) is 26.3 Å². The molecule has 0 aliphatic rings. The van der Waals surface area contributed by atoms with Crippen molar-refractivity contribution in [3.63, 3.8) is 0 Å². The van der Waals surface area contributed by atoms with Crippen molar-refractivity contribution in [3.8, 4) is 17.6 Å². The molecule has 20 heavy (non-hydrogen) atoms. The molecule has 2 heteroatoms. The molecule has 0 atom stereocenters. The van der Waals surface area contributed by atoms with Crippen LogP contribution in [0.3, 0.4) is 0 Å². The van der Waals surface area contributed by atoms with Gasteiger partial charge in [-0.25, -0.2) is 0 Å². The van der Waals surface area contributed by atoms with Gasteiger partial charge in [0.25, 0.3) is 0 Å². The second-order valence-corrected chi connectivity index (χ2v) is 4.60. The Balaban J connectivity index is 2.38. The summed E-state index contributed by atoms with van der Waals surface area (Å²) in [6, 6.07) is 13.3. The third kappa shape index (κ3) is 3.07. The maximum absolute atomic E-state index is 12.3. The smallest absolute Gasteiger partial charge is 0.240 e. The molecule has 0 unspecified atom stereocenters. The van der Waals surface area contributed by atoms with Crippen LogP contribution in [0.15, 0.2) is 42.5 Å². The van der Waals surface area contributed by atoms with Crippen LogP contribution in [0.1, 0.15) is 27.0 Å². The van der Waals surface area contributed by atoms with E-state index in [1.807, 2.05) is 56.3 Å². The summed E-state index contributed by atoms with van der Waals surface area (Å²) < 4.78 is 5.29. The van der Waals surface area contributed by atoms with Crippen LogP contribution in [0.5, 0.6) is 5.75 Å². The van der Waals surface area contributed by atoms with E-state index in [2.05, 4.69) is 11.8 Å². The first-order valence-electron chi connectivity index (χ1n) is 6.38. The van der Waals surface area contributed by atoms with E-state index in [-0.39, 0.29) is 5.78 Å². The molecule has 0 saturated carbocycles. The summed E-state index contributed by atoms with van der Waals surface area (Å²) in [6.07, 6.45) is 0. The fourth-order valence-corrected chi connectivity index (χ4v) is 2.09. The number of carbonyl (C=O) groups is 1. The van der Waals surface area contributed by atoms with E-state index in [0.29, 0.717) is 11.3 Å². The van der Waals surface area contributed by atoms with Gasteiger partial charge in [0.2, 0.25) is 5.78 Å². The van der Waals surface area contributed by atoms with E-state index in [1.54, 1.807) is 7.11 Å². The van der Waals surface area contributed by atoms with Crippen molar-refractivity contribution >= 4 is 5.78 Å².